The van der Waals surface area contributed by atoms with Gasteiger partial charge in [-0.05, 0) is 24.1 Å². The number of hydrogen-bond donors (Lipinski definition) is 1. The molecule has 1 aromatic carbocycles. The van der Waals surface area contributed by atoms with Gasteiger partial charge >= 0.3 is 0 Å². The van der Waals surface area contributed by atoms with Crippen molar-refractivity contribution in [2.45, 2.75) is 37.4 Å². The van der Waals surface area contributed by atoms with Crippen molar-refractivity contribution in [2.75, 3.05) is 19.0 Å². The molecule has 7 heteroatoms. The first-order valence-electron chi connectivity index (χ1n) is 8.02. The molecule has 0 amide bonds. The summed E-state index contributed by atoms with van der Waals surface area (Å²) in [5.74, 6) is 0.568. The van der Waals surface area contributed by atoms with E-state index in [1.165, 1.54) is 12.1 Å². The fourth-order valence-electron chi connectivity index (χ4n) is 2.49. The van der Waals surface area contributed by atoms with E-state index in [1.54, 1.807) is 23.9 Å². The SMILES string of the molecule is OCc1cn(Cc2ccc(F)cc2)c(SCCC2OCCCO2)n1. The maximum atomic E-state index is 13.0. The lowest BCUT2D eigenvalue weighted by Crippen LogP contribution is -2.25. The van der Waals surface area contributed by atoms with Crippen molar-refractivity contribution in [1.82, 2.24) is 9.55 Å². The monoisotopic (exact) mass is 352 g/mol. The minimum Gasteiger partial charge on any atom is -0.390 e. The Labute approximate surface area is 144 Å². The lowest BCUT2D eigenvalue weighted by molar-refractivity contribution is -0.178. The molecule has 0 radical (unpaired) electrons. The number of nitrogens with zero attached hydrogens (tertiary/aromatic N) is 2. The lowest BCUT2D eigenvalue weighted by Gasteiger charge is -2.22. The lowest BCUT2D eigenvalue weighted by atomic mass is 10.2. The highest BCUT2D eigenvalue weighted by Gasteiger charge is 2.15. The van der Waals surface area contributed by atoms with Crippen molar-refractivity contribution < 1.29 is 19.0 Å². The second kappa shape index (κ2) is 8.62. The third-order valence-corrected chi connectivity index (χ3v) is 4.72. The van der Waals surface area contributed by atoms with Crippen molar-refractivity contribution in [1.29, 1.82) is 0 Å². The third-order valence-electron chi connectivity index (χ3n) is 3.70. The molecule has 2 aromatic rings. The molecule has 0 atom stereocenters. The van der Waals surface area contributed by atoms with E-state index in [0.29, 0.717) is 12.2 Å². The Morgan fingerprint density at radius 2 is 2.00 bits per heavy atom. The summed E-state index contributed by atoms with van der Waals surface area (Å²) in [6.45, 7) is 2.00. The van der Waals surface area contributed by atoms with E-state index >= 15 is 0 Å². The Morgan fingerprint density at radius 3 is 2.71 bits per heavy atom. The number of halogens is 1. The molecule has 1 saturated heterocycles. The summed E-state index contributed by atoms with van der Waals surface area (Å²) < 4.78 is 26.1. The third kappa shape index (κ3) is 4.80. The number of aliphatic hydroxyl groups excluding tert-OH is 1. The van der Waals surface area contributed by atoms with Gasteiger partial charge in [0.1, 0.15) is 5.82 Å². The summed E-state index contributed by atoms with van der Waals surface area (Å²) in [4.78, 5) is 4.45. The number of thioether (sulfide) groups is 1. The van der Waals surface area contributed by atoms with E-state index in [2.05, 4.69) is 4.98 Å². The summed E-state index contributed by atoms with van der Waals surface area (Å²) in [5.41, 5.74) is 1.61. The molecule has 1 aromatic heterocycles. The maximum Gasteiger partial charge on any atom is 0.168 e. The summed E-state index contributed by atoms with van der Waals surface area (Å²) in [5, 5.41) is 10.2. The number of imidazole rings is 1. The molecule has 1 aliphatic heterocycles. The maximum absolute atomic E-state index is 13.0. The van der Waals surface area contributed by atoms with Gasteiger partial charge in [-0.15, -0.1) is 0 Å². The van der Waals surface area contributed by atoms with Crippen LogP contribution in [0.2, 0.25) is 0 Å². The van der Waals surface area contributed by atoms with Crippen LogP contribution in [-0.4, -0.2) is 39.9 Å². The number of aromatic nitrogens is 2. The van der Waals surface area contributed by atoms with E-state index in [0.717, 1.165) is 42.5 Å². The van der Waals surface area contributed by atoms with E-state index in [-0.39, 0.29) is 18.7 Å². The minimum atomic E-state index is -0.248. The highest BCUT2D eigenvalue weighted by molar-refractivity contribution is 7.99. The molecule has 0 aliphatic carbocycles. The number of rotatable bonds is 7. The molecule has 1 aliphatic rings. The van der Waals surface area contributed by atoms with Crippen LogP contribution in [0.4, 0.5) is 4.39 Å². The quantitative estimate of drug-likeness (QED) is 0.777. The van der Waals surface area contributed by atoms with E-state index in [1.807, 2.05) is 10.8 Å². The van der Waals surface area contributed by atoms with E-state index in [4.69, 9.17) is 9.47 Å². The molecular formula is C17H21FN2O3S. The van der Waals surface area contributed by atoms with Gasteiger partial charge in [0, 0.05) is 24.9 Å². The van der Waals surface area contributed by atoms with Gasteiger partial charge in [-0.25, -0.2) is 9.37 Å². The molecule has 2 heterocycles. The van der Waals surface area contributed by atoms with E-state index < -0.39 is 0 Å². The molecule has 0 bridgehead atoms. The smallest absolute Gasteiger partial charge is 0.168 e. The first-order chi connectivity index (χ1) is 11.7. The zero-order chi connectivity index (χ0) is 16.8. The Balaban J connectivity index is 1.61. The molecule has 0 spiro atoms. The van der Waals surface area contributed by atoms with Crippen LogP contribution in [0.15, 0.2) is 35.6 Å². The van der Waals surface area contributed by atoms with Crippen molar-refractivity contribution in [2.24, 2.45) is 0 Å². The second-order valence-corrected chi connectivity index (χ2v) is 6.65. The van der Waals surface area contributed by atoms with Gasteiger partial charge in [0.05, 0.1) is 25.5 Å². The second-order valence-electron chi connectivity index (χ2n) is 5.59. The van der Waals surface area contributed by atoms with Gasteiger partial charge in [0.15, 0.2) is 11.4 Å². The zero-order valence-electron chi connectivity index (χ0n) is 13.4. The van der Waals surface area contributed by atoms with Crippen LogP contribution in [0, 0.1) is 5.82 Å². The molecule has 24 heavy (non-hydrogen) atoms. The Kier molecular flexibility index (Phi) is 6.25. The first-order valence-corrected chi connectivity index (χ1v) is 9.00. The molecule has 130 valence electrons. The molecular weight excluding hydrogens is 331 g/mol. The highest BCUT2D eigenvalue weighted by atomic mass is 32.2. The number of benzene rings is 1. The van der Waals surface area contributed by atoms with Gasteiger partial charge in [-0.2, -0.15) is 0 Å². The highest BCUT2D eigenvalue weighted by Crippen LogP contribution is 2.22. The van der Waals surface area contributed by atoms with Crippen LogP contribution in [0.5, 0.6) is 0 Å². The standard InChI is InChI=1S/C17H21FN2O3S/c18-14-4-2-13(3-5-14)10-20-11-15(12-21)19-17(20)24-9-6-16-22-7-1-8-23-16/h2-5,11,16,21H,1,6-10,12H2. The molecule has 0 saturated carbocycles. The van der Waals surface area contributed by atoms with Crippen molar-refractivity contribution in [3.8, 4) is 0 Å². The summed E-state index contributed by atoms with van der Waals surface area (Å²) >= 11 is 1.61. The Morgan fingerprint density at radius 1 is 1.25 bits per heavy atom. The molecule has 0 unspecified atom stereocenters. The molecule has 1 N–H and O–H groups in total. The summed E-state index contributed by atoms with van der Waals surface area (Å²) in [6, 6.07) is 6.41. The number of hydrogen-bond acceptors (Lipinski definition) is 5. The predicted molar refractivity (Wildman–Crippen MR) is 89.3 cm³/mol. The number of ether oxygens (including phenoxy) is 2. The van der Waals surface area contributed by atoms with Gasteiger partial charge in [0.2, 0.25) is 0 Å². The largest absolute Gasteiger partial charge is 0.390 e. The van der Waals surface area contributed by atoms with Crippen LogP contribution < -0.4 is 0 Å². The van der Waals surface area contributed by atoms with E-state index in [9.17, 15) is 9.50 Å². The van der Waals surface area contributed by atoms with Crippen LogP contribution in [0.25, 0.3) is 0 Å². The Hall–Kier alpha value is -1.41. The minimum absolute atomic E-state index is 0.0984. The van der Waals surface area contributed by atoms with Gasteiger partial charge < -0.3 is 19.1 Å². The Bertz CT molecular complexity index is 642. The van der Waals surface area contributed by atoms with Crippen LogP contribution >= 0.6 is 11.8 Å². The molecule has 5 nitrogen and oxygen atoms in total. The predicted octanol–water partition coefficient (Wildman–Crippen LogP) is 2.81. The number of aliphatic hydroxyl groups is 1. The normalized spacial score (nSPS) is 15.8. The average molecular weight is 352 g/mol. The fraction of sp³-hybridized carbons (Fsp3) is 0.471. The average Bonchev–Trinajstić information content (AvgIpc) is 3.00. The molecule has 3 rings (SSSR count). The van der Waals surface area contributed by atoms with Gasteiger partial charge in [-0.3, -0.25) is 0 Å². The van der Waals surface area contributed by atoms with Gasteiger partial charge in [-0.1, -0.05) is 23.9 Å². The van der Waals surface area contributed by atoms with Gasteiger partial charge in [0.25, 0.3) is 0 Å². The van der Waals surface area contributed by atoms with Crippen LogP contribution in [0.3, 0.4) is 0 Å². The zero-order valence-corrected chi connectivity index (χ0v) is 14.2. The molecule has 1 fully saturated rings. The van der Waals surface area contributed by atoms with Crippen LogP contribution in [0.1, 0.15) is 24.1 Å². The van der Waals surface area contributed by atoms with Crippen molar-refractivity contribution >= 4 is 11.8 Å². The van der Waals surface area contributed by atoms with Crippen LogP contribution in [-0.2, 0) is 22.6 Å². The summed E-state index contributed by atoms with van der Waals surface area (Å²) in [7, 11) is 0. The fourth-order valence-corrected chi connectivity index (χ4v) is 3.45. The van der Waals surface area contributed by atoms with Crippen molar-refractivity contribution in [3.63, 3.8) is 0 Å². The summed E-state index contributed by atoms with van der Waals surface area (Å²) in [6.07, 6.45) is 3.44. The topological polar surface area (TPSA) is 56.5 Å². The first kappa shape index (κ1) is 17.4. The van der Waals surface area contributed by atoms with Crippen molar-refractivity contribution in [3.05, 3.63) is 47.5 Å².